The summed E-state index contributed by atoms with van der Waals surface area (Å²) in [4.78, 5) is 13.0. The van der Waals surface area contributed by atoms with E-state index in [4.69, 9.17) is 14.6 Å². The Bertz CT molecular complexity index is 489. The maximum atomic E-state index is 10.7. The molecule has 1 aromatic carbocycles. The van der Waals surface area contributed by atoms with Crippen molar-refractivity contribution in [2.24, 2.45) is 0 Å². The van der Waals surface area contributed by atoms with Crippen molar-refractivity contribution in [1.82, 2.24) is 4.90 Å². The quantitative estimate of drug-likeness (QED) is 0.871. The topological polar surface area (TPSA) is 59.0 Å². The van der Waals surface area contributed by atoms with E-state index < -0.39 is 5.97 Å². The van der Waals surface area contributed by atoms with Gasteiger partial charge in [-0.15, -0.1) is 0 Å². The van der Waals surface area contributed by atoms with Crippen LogP contribution in [0, 0.1) is 0 Å². The van der Waals surface area contributed by atoms with Gasteiger partial charge in [-0.25, -0.2) is 0 Å². The van der Waals surface area contributed by atoms with Gasteiger partial charge in [-0.1, -0.05) is 12.1 Å². The number of aryl methyl sites for hydroxylation is 1. The number of hydrogen-bond acceptors (Lipinski definition) is 4. The molecular formula is C16H23NO4. The Hall–Kier alpha value is -1.75. The molecule has 1 aliphatic rings. The first kappa shape index (κ1) is 15.6. The zero-order valence-corrected chi connectivity index (χ0v) is 12.7. The number of benzene rings is 1. The molecule has 1 unspecified atom stereocenters. The number of ether oxygens (including phenoxy) is 2. The summed E-state index contributed by atoms with van der Waals surface area (Å²) < 4.78 is 11.5. The molecule has 5 nitrogen and oxygen atoms in total. The number of carboxylic acids is 1. The van der Waals surface area contributed by atoms with Gasteiger partial charge in [0.25, 0.3) is 0 Å². The van der Waals surface area contributed by atoms with Crippen LogP contribution in [0.5, 0.6) is 11.5 Å². The molecule has 1 N–H and O–H groups in total. The molecule has 1 aliphatic heterocycles. The molecule has 1 heterocycles. The van der Waals surface area contributed by atoms with Crippen LogP contribution in [-0.2, 0) is 11.2 Å². The van der Waals surface area contributed by atoms with E-state index in [1.165, 1.54) is 0 Å². The summed E-state index contributed by atoms with van der Waals surface area (Å²) in [5.41, 5.74) is 0.876. The molecule has 0 amide bonds. The molecule has 0 aliphatic carbocycles. The predicted molar refractivity (Wildman–Crippen MR) is 80.1 cm³/mol. The number of carbonyl (C=O) groups is 1. The monoisotopic (exact) mass is 293 g/mol. The van der Waals surface area contributed by atoms with Crippen LogP contribution in [0.1, 0.15) is 24.8 Å². The van der Waals surface area contributed by atoms with Crippen LogP contribution >= 0.6 is 0 Å². The first-order valence-corrected chi connectivity index (χ1v) is 7.33. The number of nitrogens with zero attached hydrogens (tertiary/aromatic N) is 1. The van der Waals surface area contributed by atoms with Crippen molar-refractivity contribution >= 4 is 5.97 Å². The second-order valence-electron chi connectivity index (χ2n) is 5.49. The van der Waals surface area contributed by atoms with Crippen molar-refractivity contribution in [1.29, 1.82) is 0 Å². The highest BCUT2D eigenvalue weighted by Crippen LogP contribution is 2.33. The molecule has 21 heavy (non-hydrogen) atoms. The molecule has 1 saturated heterocycles. The van der Waals surface area contributed by atoms with Crippen LogP contribution in [0.3, 0.4) is 0 Å². The van der Waals surface area contributed by atoms with E-state index in [-0.39, 0.29) is 12.5 Å². The standard InChI is InChI=1S/C16H23NO4/c1-17-10-4-6-13(11-17)21-14-7-3-5-12(16(14)20-2)8-9-15(18)19/h3,5,7,13H,4,6,8-11H2,1-2H3,(H,18,19). The van der Waals surface area contributed by atoms with Crippen molar-refractivity contribution in [3.05, 3.63) is 23.8 Å². The fourth-order valence-electron chi connectivity index (χ4n) is 2.72. The van der Waals surface area contributed by atoms with Gasteiger partial charge in [-0.05, 0) is 44.5 Å². The lowest BCUT2D eigenvalue weighted by molar-refractivity contribution is -0.136. The summed E-state index contributed by atoms with van der Waals surface area (Å²) in [7, 11) is 3.69. The number of para-hydroxylation sites is 1. The van der Waals surface area contributed by atoms with E-state index in [1.807, 2.05) is 18.2 Å². The van der Waals surface area contributed by atoms with Gasteiger partial charge in [-0.3, -0.25) is 4.79 Å². The number of likely N-dealkylation sites (tertiary alicyclic amines) is 1. The van der Waals surface area contributed by atoms with Crippen LogP contribution in [0.4, 0.5) is 0 Å². The zero-order chi connectivity index (χ0) is 15.2. The minimum atomic E-state index is -0.808. The van der Waals surface area contributed by atoms with Crippen LogP contribution in [0.25, 0.3) is 0 Å². The molecule has 0 radical (unpaired) electrons. The average molecular weight is 293 g/mol. The van der Waals surface area contributed by atoms with Crippen molar-refractivity contribution in [3.8, 4) is 11.5 Å². The Morgan fingerprint density at radius 1 is 1.48 bits per heavy atom. The Morgan fingerprint density at radius 2 is 2.29 bits per heavy atom. The summed E-state index contributed by atoms with van der Waals surface area (Å²) in [5.74, 6) is 0.560. The normalized spacial score (nSPS) is 19.2. The fraction of sp³-hybridized carbons (Fsp3) is 0.562. The Labute approximate surface area is 125 Å². The lowest BCUT2D eigenvalue weighted by atomic mass is 10.1. The van der Waals surface area contributed by atoms with Crippen molar-refractivity contribution < 1.29 is 19.4 Å². The summed E-state index contributed by atoms with van der Waals surface area (Å²) in [5, 5.41) is 8.82. The van der Waals surface area contributed by atoms with Gasteiger partial charge in [0.15, 0.2) is 11.5 Å². The van der Waals surface area contributed by atoms with Gasteiger partial charge < -0.3 is 19.5 Å². The van der Waals surface area contributed by atoms with Gasteiger partial charge in [0.05, 0.1) is 7.11 Å². The molecule has 1 atom stereocenters. The van der Waals surface area contributed by atoms with Gasteiger partial charge in [0, 0.05) is 13.0 Å². The summed E-state index contributed by atoms with van der Waals surface area (Å²) >= 11 is 0. The van der Waals surface area contributed by atoms with E-state index in [1.54, 1.807) is 7.11 Å². The molecular weight excluding hydrogens is 270 g/mol. The highest BCUT2D eigenvalue weighted by Gasteiger charge is 2.21. The van der Waals surface area contributed by atoms with Gasteiger partial charge >= 0.3 is 5.97 Å². The number of aliphatic carboxylic acids is 1. The van der Waals surface area contributed by atoms with Gasteiger partial charge in [0.2, 0.25) is 0 Å². The number of methoxy groups -OCH3 is 1. The van der Waals surface area contributed by atoms with E-state index in [0.717, 1.165) is 31.5 Å². The predicted octanol–water partition coefficient (Wildman–Crippen LogP) is 2.19. The van der Waals surface area contributed by atoms with Gasteiger partial charge in [0.1, 0.15) is 6.10 Å². The third-order valence-electron chi connectivity index (χ3n) is 3.75. The molecule has 116 valence electrons. The van der Waals surface area contributed by atoms with Gasteiger partial charge in [-0.2, -0.15) is 0 Å². The smallest absolute Gasteiger partial charge is 0.303 e. The molecule has 2 rings (SSSR count). The number of rotatable bonds is 6. The number of likely N-dealkylation sites (N-methyl/N-ethyl adjacent to an activating group) is 1. The molecule has 0 saturated carbocycles. The van der Waals surface area contributed by atoms with E-state index >= 15 is 0 Å². The Balaban J connectivity index is 2.11. The first-order chi connectivity index (χ1) is 10.1. The third kappa shape index (κ3) is 4.36. The van der Waals surface area contributed by atoms with Crippen molar-refractivity contribution in [3.63, 3.8) is 0 Å². The van der Waals surface area contributed by atoms with Crippen molar-refractivity contribution in [2.45, 2.75) is 31.8 Å². The maximum Gasteiger partial charge on any atom is 0.303 e. The zero-order valence-electron chi connectivity index (χ0n) is 12.7. The second kappa shape index (κ2) is 7.31. The lowest BCUT2D eigenvalue weighted by Gasteiger charge is -2.30. The van der Waals surface area contributed by atoms with Crippen LogP contribution in [-0.4, -0.2) is 49.3 Å². The molecule has 1 aromatic rings. The molecule has 5 heteroatoms. The summed E-state index contributed by atoms with van der Waals surface area (Å²) in [6.45, 7) is 2.01. The highest BCUT2D eigenvalue weighted by molar-refractivity contribution is 5.67. The summed E-state index contributed by atoms with van der Waals surface area (Å²) in [6, 6.07) is 5.67. The number of piperidine rings is 1. The Morgan fingerprint density at radius 3 is 2.95 bits per heavy atom. The third-order valence-corrected chi connectivity index (χ3v) is 3.75. The number of hydrogen-bond donors (Lipinski definition) is 1. The SMILES string of the molecule is COc1c(CCC(=O)O)cccc1OC1CCCN(C)C1. The molecule has 1 fully saturated rings. The minimum Gasteiger partial charge on any atom is -0.493 e. The van der Waals surface area contributed by atoms with E-state index in [0.29, 0.717) is 17.9 Å². The first-order valence-electron chi connectivity index (χ1n) is 7.33. The van der Waals surface area contributed by atoms with Crippen molar-refractivity contribution in [2.75, 3.05) is 27.2 Å². The number of carboxylic acid groups (broad SMARTS) is 1. The maximum absolute atomic E-state index is 10.7. The van der Waals surface area contributed by atoms with Crippen LogP contribution < -0.4 is 9.47 Å². The summed E-state index contributed by atoms with van der Waals surface area (Å²) in [6.07, 6.45) is 2.86. The highest BCUT2D eigenvalue weighted by atomic mass is 16.5. The second-order valence-corrected chi connectivity index (χ2v) is 5.49. The van der Waals surface area contributed by atoms with Crippen LogP contribution in [0.15, 0.2) is 18.2 Å². The largest absolute Gasteiger partial charge is 0.493 e. The molecule has 0 bridgehead atoms. The average Bonchev–Trinajstić information content (AvgIpc) is 2.45. The fourth-order valence-corrected chi connectivity index (χ4v) is 2.72. The van der Waals surface area contributed by atoms with E-state index in [2.05, 4.69) is 11.9 Å². The molecule has 0 aromatic heterocycles. The lowest BCUT2D eigenvalue weighted by Crippen LogP contribution is -2.38. The molecule has 0 spiro atoms. The minimum absolute atomic E-state index is 0.0893. The van der Waals surface area contributed by atoms with Crippen LogP contribution in [0.2, 0.25) is 0 Å². The Kier molecular flexibility index (Phi) is 5.44. The van der Waals surface area contributed by atoms with E-state index in [9.17, 15) is 4.79 Å².